The van der Waals surface area contributed by atoms with Gasteiger partial charge < -0.3 is 9.73 Å². The minimum atomic E-state index is -3.94. The van der Waals surface area contributed by atoms with Crippen LogP contribution in [0.2, 0.25) is 0 Å². The molecule has 20 heavy (non-hydrogen) atoms. The van der Waals surface area contributed by atoms with Crippen LogP contribution in [0.3, 0.4) is 0 Å². The van der Waals surface area contributed by atoms with Crippen molar-refractivity contribution in [1.29, 1.82) is 0 Å². The Hall–Kier alpha value is -0.530. The molecule has 0 bridgehead atoms. The van der Waals surface area contributed by atoms with Gasteiger partial charge >= 0.3 is 0 Å². The molecule has 1 aliphatic rings. The molecule has 0 saturated heterocycles. The van der Waals surface area contributed by atoms with Crippen LogP contribution in [0.25, 0.3) is 0 Å². The van der Waals surface area contributed by atoms with Gasteiger partial charge in [0.05, 0.1) is 0 Å². The van der Waals surface area contributed by atoms with E-state index in [1.807, 2.05) is 0 Å². The molecule has 1 aliphatic carbocycles. The van der Waals surface area contributed by atoms with Crippen molar-refractivity contribution in [1.82, 2.24) is 5.32 Å². The highest BCUT2D eigenvalue weighted by molar-refractivity contribution is 9.10. The number of rotatable bonds is 3. The second-order valence-electron chi connectivity index (χ2n) is 5.13. The van der Waals surface area contributed by atoms with E-state index in [0.29, 0.717) is 5.92 Å². The Balaban J connectivity index is 2.10. The van der Waals surface area contributed by atoms with Crippen LogP contribution in [0.15, 0.2) is 20.0 Å². The number of halogens is 2. The van der Waals surface area contributed by atoms with E-state index >= 15 is 0 Å². The molecule has 112 valence electrons. The molecule has 0 aliphatic heterocycles. The van der Waals surface area contributed by atoms with E-state index in [-0.39, 0.29) is 21.4 Å². The van der Waals surface area contributed by atoms with Gasteiger partial charge in [-0.05, 0) is 34.7 Å². The largest absolute Gasteiger partial charge is 0.443 e. The molecule has 1 aromatic heterocycles. The van der Waals surface area contributed by atoms with Gasteiger partial charge in [-0.15, -0.1) is 0 Å². The van der Waals surface area contributed by atoms with E-state index in [1.165, 1.54) is 6.42 Å². The van der Waals surface area contributed by atoms with Gasteiger partial charge in [0.15, 0.2) is 10.4 Å². The van der Waals surface area contributed by atoms with Crippen molar-refractivity contribution in [3.05, 3.63) is 16.5 Å². The first-order valence-electron chi connectivity index (χ1n) is 6.32. The predicted octanol–water partition coefficient (Wildman–Crippen LogP) is 3.28. The van der Waals surface area contributed by atoms with Crippen LogP contribution in [0.1, 0.15) is 43.2 Å². The van der Waals surface area contributed by atoms with Crippen LogP contribution >= 0.6 is 26.6 Å². The van der Waals surface area contributed by atoms with Crippen molar-refractivity contribution in [2.24, 2.45) is 5.92 Å². The average Bonchev–Trinajstić information content (AvgIpc) is 2.71. The summed E-state index contributed by atoms with van der Waals surface area (Å²) in [6.45, 7) is 2.15. The molecule has 0 spiro atoms. The van der Waals surface area contributed by atoms with Crippen LogP contribution in [-0.4, -0.2) is 20.4 Å². The first-order chi connectivity index (χ1) is 9.27. The first-order valence-corrected chi connectivity index (χ1v) is 9.42. The predicted molar refractivity (Wildman–Crippen MR) is 78.3 cm³/mol. The number of hydrogen-bond donors (Lipinski definition) is 1. The van der Waals surface area contributed by atoms with Crippen molar-refractivity contribution >= 4 is 41.6 Å². The molecule has 1 saturated carbocycles. The van der Waals surface area contributed by atoms with Crippen molar-refractivity contribution in [2.75, 3.05) is 0 Å². The van der Waals surface area contributed by atoms with Gasteiger partial charge in [0.1, 0.15) is 4.90 Å². The minimum absolute atomic E-state index is 0.0605. The molecule has 2 unspecified atom stereocenters. The number of hydrogen-bond acceptors (Lipinski definition) is 4. The molecule has 1 N–H and O–H groups in total. The zero-order valence-electron chi connectivity index (χ0n) is 10.9. The van der Waals surface area contributed by atoms with E-state index in [2.05, 4.69) is 28.2 Å². The van der Waals surface area contributed by atoms with Gasteiger partial charge in [-0.3, -0.25) is 4.79 Å². The third kappa shape index (κ3) is 3.77. The number of furan rings is 1. The Bertz CT molecular complexity index is 613. The maximum atomic E-state index is 12.0. The Morgan fingerprint density at radius 2 is 2.20 bits per heavy atom. The summed E-state index contributed by atoms with van der Waals surface area (Å²) in [5.74, 6) is 0.0989. The molecule has 1 aromatic rings. The van der Waals surface area contributed by atoms with E-state index in [0.717, 1.165) is 25.3 Å². The topological polar surface area (TPSA) is 76.4 Å². The standard InChI is InChI=1S/C12H15BrClNO4S/c1-7-3-2-4-8(5-7)15-12(16)9-6-10(11(13)19-9)20(14,17)18/h6-8H,2-5H2,1H3,(H,15,16). The van der Waals surface area contributed by atoms with Gasteiger partial charge in [0, 0.05) is 22.8 Å². The van der Waals surface area contributed by atoms with E-state index in [1.54, 1.807) is 0 Å². The summed E-state index contributed by atoms with van der Waals surface area (Å²) in [4.78, 5) is 11.8. The van der Waals surface area contributed by atoms with E-state index in [9.17, 15) is 13.2 Å². The van der Waals surface area contributed by atoms with Crippen molar-refractivity contribution in [2.45, 2.75) is 43.5 Å². The highest BCUT2D eigenvalue weighted by atomic mass is 79.9. The third-order valence-electron chi connectivity index (χ3n) is 3.41. The second-order valence-corrected chi connectivity index (χ2v) is 8.38. The molecule has 1 amide bonds. The van der Waals surface area contributed by atoms with Gasteiger partial charge in [-0.1, -0.05) is 19.8 Å². The van der Waals surface area contributed by atoms with Crippen LogP contribution in [-0.2, 0) is 9.05 Å². The van der Waals surface area contributed by atoms with Crippen molar-refractivity contribution in [3.63, 3.8) is 0 Å². The smallest absolute Gasteiger partial charge is 0.287 e. The lowest BCUT2D eigenvalue weighted by atomic mass is 9.87. The lowest BCUT2D eigenvalue weighted by Crippen LogP contribution is -2.37. The van der Waals surface area contributed by atoms with Crippen molar-refractivity contribution in [3.8, 4) is 0 Å². The van der Waals surface area contributed by atoms with Crippen LogP contribution in [0.4, 0.5) is 0 Å². The Morgan fingerprint density at radius 3 is 2.75 bits per heavy atom. The molecule has 8 heteroatoms. The summed E-state index contributed by atoms with van der Waals surface area (Å²) in [6.07, 6.45) is 4.11. The summed E-state index contributed by atoms with van der Waals surface area (Å²) in [5.41, 5.74) is 0. The number of carbonyl (C=O) groups is 1. The molecule has 0 radical (unpaired) electrons. The number of nitrogens with one attached hydrogen (secondary N) is 1. The monoisotopic (exact) mass is 383 g/mol. The van der Waals surface area contributed by atoms with Gasteiger partial charge in [-0.25, -0.2) is 8.42 Å². The quantitative estimate of drug-likeness (QED) is 0.811. The lowest BCUT2D eigenvalue weighted by Gasteiger charge is -2.27. The van der Waals surface area contributed by atoms with E-state index < -0.39 is 15.0 Å². The summed E-state index contributed by atoms with van der Waals surface area (Å²) in [5, 5.41) is 2.87. The summed E-state index contributed by atoms with van der Waals surface area (Å²) in [6, 6.07) is 1.24. The Labute approximate surface area is 130 Å². The van der Waals surface area contributed by atoms with Crippen LogP contribution in [0.5, 0.6) is 0 Å². The van der Waals surface area contributed by atoms with Crippen molar-refractivity contribution < 1.29 is 17.6 Å². The first kappa shape index (κ1) is 15.9. The molecule has 2 atom stereocenters. The number of amides is 1. The fraction of sp³-hybridized carbons (Fsp3) is 0.583. The molecule has 2 rings (SSSR count). The third-order valence-corrected chi connectivity index (χ3v) is 5.59. The Kier molecular flexibility index (Phi) is 4.81. The Morgan fingerprint density at radius 1 is 1.50 bits per heavy atom. The molecule has 1 fully saturated rings. The molecular formula is C12H15BrClNO4S. The molecule has 1 heterocycles. The molecule has 5 nitrogen and oxygen atoms in total. The zero-order chi connectivity index (χ0) is 14.9. The summed E-state index contributed by atoms with van der Waals surface area (Å²) in [7, 11) is 1.31. The highest BCUT2D eigenvalue weighted by Gasteiger charge is 2.26. The minimum Gasteiger partial charge on any atom is -0.443 e. The SMILES string of the molecule is CC1CCCC(NC(=O)c2cc(S(=O)(=O)Cl)c(Br)o2)C1. The van der Waals surface area contributed by atoms with E-state index in [4.69, 9.17) is 15.1 Å². The van der Waals surface area contributed by atoms with Gasteiger partial charge in [0.25, 0.3) is 15.0 Å². The second kappa shape index (κ2) is 6.07. The zero-order valence-corrected chi connectivity index (χ0v) is 14.0. The highest BCUT2D eigenvalue weighted by Crippen LogP contribution is 2.29. The maximum absolute atomic E-state index is 12.0. The van der Waals surface area contributed by atoms with Crippen LogP contribution < -0.4 is 5.32 Å². The maximum Gasteiger partial charge on any atom is 0.287 e. The lowest BCUT2D eigenvalue weighted by molar-refractivity contribution is 0.0892. The summed E-state index contributed by atoms with van der Waals surface area (Å²) < 4.78 is 27.6. The normalized spacial score (nSPS) is 23.6. The molecular weight excluding hydrogens is 370 g/mol. The summed E-state index contributed by atoms with van der Waals surface area (Å²) >= 11 is 2.95. The van der Waals surface area contributed by atoms with Crippen LogP contribution in [0, 0.1) is 5.92 Å². The molecule has 0 aromatic carbocycles. The van der Waals surface area contributed by atoms with Gasteiger partial charge in [0.2, 0.25) is 0 Å². The number of carbonyl (C=O) groups excluding carboxylic acids is 1. The fourth-order valence-electron chi connectivity index (χ4n) is 2.45. The average molecular weight is 385 g/mol. The van der Waals surface area contributed by atoms with Gasteiger partial charge in [-0.2, -0.15) is 0 Å². The fourth-order valence-corrected chi connectivity index (χ4v) is 4.48.